The van der Waals surface area contributed by atoms with Crippen molar-refractivity contribution in [2.24, 2.45) is 5.92 Å². The number of hydrogen-bond donors (Lipinski definition) is 5. The summed E-state index contributed by atoms with van der Waals surface area (Å²) in [7, 11) is 1.45. The fourth-order valence-electron chi connectivity index (χ4n) is 3.13. The van der Waals surface area contributed by atoms with Gasteiger partial charge < -0.3 is 31.3 Å². The van der Waals surface area contributed by atoms with Crippen molar-refractivity contribution in [3.05, 3.63) is 35.9 Å². The minimum absolute atomic E-state index is 0.0706. The fraction of sp³-hybridized carbons (Fsp3) is 0.560. The Labute approximate surface area is 212 Å². The maximum absolute atomic E-state index is 13.2. The number of carbonyl (C=O) groups is 5. The zero-order chi connectivity index (χ0) is 27.3. The molecule has 200 valence electrons. The molecule has 2 unspecified atom stereocenters. The molecule has 0 spiro atoms. The van der Waals surface area contributed by atoms with E-state index in [1.165, 1.54) is 7.05 Å². The van der Waals surface area contributed by atoms with Crippen LogP contribution in [0.3, 0.4) is 0 Å². The third-order valence-corrected chi connectivity index (χ3v) is 4.77. The lowest BCUT2D eigenvalue weighted by Crippen LogP contribution is -2.56. The smallest absolute Gasteiger partial charge is 0.408 e. The van der Waals surface area contributed by atoms with E-state index in [2.05, 4.69) is 26.6 Å². The Bertz CT molecular complexity index is 898. The summed E-state index contributed by atoms with van der Waals surface area (Å²) < 4.78 is 5.12. The van der Waals surface area contributed by atoms with Gasteiger partial charge in [0.05, 0.1) is 6.54 Å². The highest BCUT2D eigenvalue weighted by Gasteiger charge is 2.28. The third kappa shape index (κ3) is 12.7. The molecule has 36 heavy (non-hydrogen) atoms. The number of nitrogens with one attached hydrogen (secondary N) is 5. The summed E-state index contributed by atoms with van der Waals surface area (Å²) in [5.74, 6) is -1.96. The lowest BCUT2D eigenvalue weighted by molar-refractivity contribution is -0.132. The predicted molar refractivity (Wildman–Crippen MR) is 135 cm³/mol. The molecule has 0 bridgehead atoms. The Morgan fingerprint density at radius 1 is 0.833 bits per heavy atom. The average Bonchev–Trinajstić information content (AvgIpc) is 2.79. The van der Waals surface area contributed by atoms with E-state index in [0.29, 0.717) is 6.42 Å². The molecule has 11 nitrogen and oxygen atoms in total. The van der Waals surface area contributed by atoms with E-state index in [1.54, 1.807) is 20.8 Å². The molecule has 2 atom stereocenters. The second-order valence-corrected chi connectivity index (χ2v) is 9.75. The molecule has 0 aliphatic rings. The Morgan fingerprint density at radius 3 is 2.00 bits per heavy atom. The molecular weight excluding hydrogens is 466 g/mol. The fourth-order valence-corrected chi connectivity index (χ4v) is 3.13. The SMILES string of the molecule is CNC(=O)CNC(=O)C(CC(C)C)NC(=O)C(Cc1ccccc1)NC(=O)CNC(=O)OC(C)(C)C. The lowest BCUT2D eigenvalue weighted by atomic mass is 10.0. The largest absolute Gasteiger partial charge is 0.444 e. The number of hydrogen-bond acceptors (Lipinski definition) is 6. The molecule has 0 aromatic heterocycles. The topological polar surface area (TPSA) is 155 Å². The van der Waals surface area contributed by atoms with Crippen LogP contribution in [0.4, 0.5) is 4.79 Å². The van der Waals surface area contributed by atoms with Crippen molar-refractivity contribution < 1.29 is 28.7 Å². The van der Waals surface area contributed by atoms with Crippen LogP contribution in [0.25, 0.3) is 0 Å². The van der Waals surface area contributed by atoms with Crippen LogP contribution in [0.5, 0.6) is 0 Å². The minimum Gasteiger partial charge on any atom is -0.444 e. The molecule has 0 radical (unpaired) electrons. The van der Waals surface area contributed by atoms with E-state index >= 15 is 0 Å². The van der Waals surface area contributed by atoms with Gasteiger partial charge in [-0.05, 0) is 38.7 Å². The summed E-state index contributed by atoms with van der Waals surface area (Å²) in [5, 5.41) is 12.6. The predicted octanol–water partition coefficient (Wildman–Crippen LogP) is 0.632. The first kappa shape index (κ1) is 30.4. The van der Waals surface area contributed by atoms with Gasteiger partial charge in [0.1, 0.15) is 24.2 Å². The number of benzene rings is 1. The van der Waals surface area contributed by atoms with Gasteiger partial charge in [0.15, 0.2) is 0 Å². The molecular formula is C25H39N5O6. The van der Waals surface area contributed by atoms with Crippen molar-refractivity contribution >= 4 is 29.7 Å². The first-order valence-electron chi connectivity index (χ1n) is 11.9. The molecule has 1 aromatic carbocycles. The Morgan fingerprint density at radius 2 is 1.44 bits per heavy atom. The highest BCUT2D eigenvalue weighted by atomic mass is 16.6. The Balaban J connectivity index is 2.93. The maximum atomic E-state index is 13.2. The lowest BCUT2D eigenvalue weighted by Gasteiger charge is -2.24. The quantitative estimate of drug-likeness (QED) is 0.281. The summed E-state index contributed by atoms with van der Waals surface area (Å²) in [5.41, 5.74) is 0.0719. The van der Waals surface area contributed by atoms with Gasteiger partial charge in [-0.15, -0.1) is 0 Å². The van der Waals surface area contributed by atoms with E-state index in [4.69, 9.17) is 4.74 Å². The first-order valence-corrected chi connectivity index (χ1v) is 11.9. The van der Waals surface area contributed by atoms with Crippen molar-refractivity contribution in [3.63, 3.8) is 0 Å². The third-order valence-electron chi connectivity index (χ3n) is 4.77. The van der Waals surface area contributed by atoms with E-state index in [9.17, 15) is 24.0 Å². The van der Waals surface area contributed by atoms with Crippen LogP contribution in [0.15, 0.2) is 30.3 Å². The van der Waals surface area contributed by atoms with Gasteiger partial charge >= 0.3 is 6.09 Å². The zero-order valence-electron chi connectivity index (χ0n) is 21.9. The summed E-state index contributed by atoms with van der Waals surface area (Å²) in [6.07, 6.45) is -0.261. The summed E-state index contributed by atoms with van der Waals surface area (Å²) >= 11 is 0. The molecule has 0 fully saturated rings. The van der Waals surface area contributed by atoms with E-state index in [0.717, 1.165) is 5.56 Å². The second-order valence-electron chi connectivity index (χ2n) is 9.75. The number of alkyl carbamates (subject to hydrolysis) is 1. The van der Waals surface area contributed by atoms with Crippen LogP contribution in [0, 0.1) is 5.92 Å². The van der Waals surface area contributed by atoms with Gasteiger partial charge in [0, 0.05) is 13.5 Å². The van der Waals surface area contributed by atoms with Gasteiger partial charge in [-0.25, -0.2) is 4.79 Å². The molecule has 0 saturated heterocycles. The zero-order valence-corrected chi connectivity index (χ0v) is 21.9. The monoisotopic (exact) mass is 505 g/mol. The molecule has 5 amide bonds. The van der Waals surface area contributed by atoms with Gasteiger partial charge in [0.25, 0.3) is 0 Å². The van der Waals surface area contributed by atoms with Crippen LogP contribution in [0.1, 0.15) is 46.6 Å². The molecule has 11 heteroatoms. The van der Waals surface area contributed by atoms with Crippen LogP contribution in [-0.2, 0) is 30.3 Å². The molecule has 0 saturated carbocycles. The number of amides is 5. The van der Waals surface area contributed by atoms with Crippen LogP contribution in [-0.4, -0.2) is 67.5 Å². The van der Waals surface area contributed by atoms with Crippen molar-refractivity contribution in [2.45, 2.75) is 65.1 Å². The van der Waals surface area contributed by atoms with E-state index < -0.39 is 48.0 Å². The molecule has 0 heterocycles. The van der Waals surface area contributed by atoms with Crippen LogP contribution >= 0.6 is 0 Å². The molecule has 0 aliphatic heterocycles. The number of carbonyl (C=O) groups excluding carboxylic acids is 5. The van der Waals surface area contributed by atoms with Gasteiger partial charge in [0.2, 0.25) is 23.6 Å². The summed E-state index contributed by atoms with van der Waals surface area (Å²) in [6, 6.07) is 7.16. The minimum atomic E-state index is -1.01. The van der Waals surface area contributed by atoms with Crippen molar-refractivity contribution in [2.75, 3.05) is 20.1 Å². The maximum Gasteiger partial charge on any atom is 0.408 e. The van der Waals surface area contributed by atoms with Gasteiger partial charge in [-0.1, -0.05) is 44.2 Å². The summed E-state index contributed by atoms with van der Waals surface area (Å²) in [6.45, 7) is 8.28. The highest BCUT2D eigenvalue weighted by Crippen LogP contribution is 2.09. The molecule has 5 N–H and O–H groups in total. The molecule has 1 aromatic rings. The van der Waals surface area contributed by atoms with Crippen molar-refractivity contribution in [1.82, 2.24) is 26.6 Å². The molecule has 1 rings (SSSR count). The van der Waals surface area contributed by atoms with Gasteiger partial charge in [-0.2, -0.15) is 0 Å². The van der Waals surface area contributed by atoms with Gasteiger partial charge in [-0.3, -0.25) is 19.2 Å². The van der Waals surface area contributed by atoms with Crippen LogP contribution in [0.2, 0.25) is 0 Å². The Kier molecular flexibility index (Phi) is 12.4. The van der Waals surface area contributed by atoms with E-state index in [-0.39, 0.29) is 24.8 Å². The Hall–Kier alpha value is -3.63. The average molecular weight is 506 g/mol. The van der Waals surface area contributed by atoms with Crippen molar-refractivity contribution in [1.29, 1.82) is 0 Å². The molecule has 0 aliphatic carbocycles. The number of ether oxygens (including phenoxy) is 1. The first-order chi connectivity index (χ1) is 16.8. The number of rotatable bonds is 12. The highest BCUT2D eigenvalue weighted by molar-refractivity contribution is 5.94. The van der Waals surface area contributed by atoms with E-state index in [1.807, 2.05) is 44.2 Å². The number of likely N-dealkylation sites (N-methyl/N-ethyl adjacent to an activating group) is 1. The van der Waals surface area contributed by atoms with Crippen LogP contribution < -0.4 is 26.6 Å². The normalized spacial score (nSPS) is 12.6. The summed E-state index contributed by atoms with van der Waals surface area (Å²) in [4.78, 5) is 61.8. The second kappa shape index (κ2) is 14.7. The standard InChI is InChI=1S/C25H39N5O6/c1-16(2)12-18(22(33)27-14-20(31)26-6)30-23(34)19(13-17-10-8-7-9-11-17)29-21(32)15-28-24(35)36-25(3,4)5/h7-11,16,18-19H,12-15H2,1-6H3,(H,26,31)(H,27,33)(H,28,35)(H,29,32)(H,30,34). The van der Waals surface area contributed by atoms with Crippen molar-refractivity contribution in [3.8, 4) is 0 Å².